The molecule has 0 aliphatic carbocycles. The van der Waals surface area contributed by atoms with Crippen molar-refractivity contribution in [2.75, 3.05) is 12.8 Å². The largest absolute Gasteiger partial charge is 0.259 e. The van der Waals surface area contributed by atoms with Gasteiger partial charge in [-0.3, -0.25) is 0 Å². The van der Waals surface area contributed by atoms with E-state index in [2.05, 4.69) is 15.4 Å². The summed E-state index contributed by atoms with van der Waals surface area (Å²) < 4.78 is 23.7. The smallest absolute Gasteiger partial charge is 0.225 e. The fourth-order valence-corrected chi connectivity index (χ4v) is 0.471. The number of hydrogen-bond donors (Lipinski definition) is 0. The van der Waals surface area contributed by atoms with Gasteiger partial charge in [0.25, 0.3) is 10.0 Å². The number of nitrogens with zero attached hydrogens (tertiary/aromatic N) is 2. The van der Waals surface area contributed by atoms with Crippen LogP contribution in [0.5, 0.6) is 0 Å². The molecular formula is C5H10N2O2S. The lowest BCUT2D eigenvalue weighted by atomic mass is 10.5. The second-order valence-electron chi connectivity index (χ2n) is 1.81. The lowest BCUT2D eigenvalue weighted by Crippen LogP contribution is -1.87. The van der Waals surface area contributed by atoms with Crippen LogP contribution in [0.2, 0.25) is 0 Å². The van der Waals surface area contributed by atoms with Crippen molar-refractivity contribution in [3.05, 3.63) is 0 Å². The Labute approximate surface area is 60.8 Å². The monoisotopic (exact) mass is 162 g/mol. The highest BCUT2D eigenvalue weighted by atomic mass is 32.2. The summed E-state index contributed by atoms with van der Waals surface area (Å²) in [6, 6.07) is 2.09. The maximum Gasteiger partial charge on any atom is 0.259 e. The predicted molar refractivity (Wildman–Crippen MR) is 39.9 cm³/mol. The minimum absolute atomic E-state index is 0.568. The predicted octanol–water partition coefficient (Wildman–Crippen LogP) is 0.530. The van der Waals surface area contributed by atoms with Crippen molar-refractivity contribution in [2.45, 2.75) is 13.3 Å². The minimum Gasteiger partial charge on any atom is -0.225 e. The van der Waals surface area contributed by atoms with Crippen LogP contribution in [0.25, 0.3) is 0 Å². The molecule has 0 aromatic rings. The molecule has 0 unspecified atom stereocenters. The Morgan fingerprint density at radius 1 is 1.50 bits per heavy atom. The molecule has 58 valence electrons. The lowest BCUT2D eigenvalue weighted by molar-refractivity contribution is 0.604. The van der Waals surface area contributed by atoms with E-state index in [-0.39, 0.29) is 0 Å². The molecule has 5 heteroatoms. The summed E-state index contributed by atoms with van der Waals surface area (Å²) in [5, 5.41) is 0. The summed E-state index contributed by atoms with van der Waals surface area (Å²) in [6.45, 7) is 2.50. The molecule has 0 aliphatic heterocycles. The second-order valence-corrected chi connectivity index (χ2v) is 3.45. The quantitative estimate of drug-likeness (QED) is 0.568. The fourth-order valence-electron chi connectivity index (χ4n) is 0.265. The van der Waals surface area contributed by atoms with Crippen molar-refractivity contribution >= 4 is 16.0 Å². The van der Waals surface area contributed by atoms with E-state index in [1.54, 1.807) is 0 Å². The Balaban J connectivity index is 4.00. The van der Waals surface area contributed by atoms with Gasteiger partial charge in [-0.15, -0.1) is 0 Å². The van der Waals surface area contributed by atoms with Gasteiger partial charge in [-0.25, -0.2) is 13.4 Å². The lowest BCUT2D eigenvalue weighted by Gasteiger charge is -1.78. The minimum atomic E-state index is -3.28. The van der Waals surface area contributed by atoms with E-state index in [4.69, 9.17) is 0 Å². The van der Waals surface area contributed by atoms with E-state index in [0.717, 1.165) is 12.7 Å². The van der Waals surface area contributed by atoms with Crippen LogP contribution in [-0.2, 0) is 10.0 Å². The summed E-state index contributed by atoms with van der Waals surface area (Å²) in [5.41, 5.74) is 0. The molecule has 0 heterocycles. The normalized spacial score (nSPS) is 10.2. The van der Waals surface area contributed by atoms with Gasteiger partial charge in [-0.2, -0.15) is 0 Å². The molecule has 0 saturated carbocycles. The Morgan fingerprint density at radius 3 is 2.50 bits per heavy atom. The van der Waals surface area contributed by atoms with E-state index >= 15 is 0 Å². The van der Waals surface area contributed by atoms with Crippen LogP contribution in [0.3, 0.4) is 0 Å². The molecule has 0 atom stereocenters. The van der Waals surface area contributed by atoms with Crippen molar-refractivity contribution in [1.82, 2.24) is 0 Å². The van der Waals surface area contributed by atoms with Crippen LogP contribution in [-0.4, -0.2) is 27.2 Å². The molecule has 0 aliphatic rings. The van der Waals surface area contributed by atoms with Gasteiger partial charge in [0, 0.05) is 6.54 Å². The zero-order chi connectivity index (χ0) is 8.04. The van der Waals surface area contributed by atoms with Crippen molar-refractivity contribution in [3.63, 3.8) is 0 Å². The average molecular weight is 162 g/mol. The Bertz CT molecular complexity index is 236. The van der Waals surface area contributed by atoms with Crippen LogP contribution in [0.4, 0.5) is 0 Å². The molecule has 10 heavy (non-hydrogen) atoms. The fraction of sp³-hybridized carbons (Fsp3) is 0.800. The molecule has 0 rings (SSSR count). The van der Waals surface area contributed by atoms with Gasteiger partial charge in [0.2, 0.25) is 0 Å². The standard InChI is InChI=1S/C5H10N2O2S/c1-3-4-6-5-7-10(2,8)9/h3-4H2,1-2H3. The van der Waals surface area contributed by atoms with E-state index in [1.165, 1.54) is 0 Å². The van der Waals surface area contributed by atoms with Gasteiger partial charge in [-0.1, -0.05) is 11.3 Å². The van der Waals surface area contributed by atoms with Gasteiger partial charge >= 0.3 is 0 Å². The first-order valence-electron chi connectivity index (χ1n) is 2.89. The topological polar surface area (TPSA) is 58.9 Å². The number of aliphatic imine (C=N–C) groups is 1. The first-order valence-corrected chi connectivity index (χ1v) is 4.74. The maximum absolute atomic E-state index is 10.3. The molecule has 0 saturated heterocycles. The Hall–Kier alpha value is -0.670. The van der Waals surface area contributed by atoms with Crippen LogP contribution in [0.1, 0.15) is 13.3 Å². The summed E-state index contributed by atoms with van der Waals surface area (Å²) in [6.07, 6.45) is 1.87. The second kappa shape index (κ2) is 4.19. The molecule has 4 nitrogen and oxygen atoms in total. The van der Waals surface area contributed by atoms with Crippen LogP contribution in [0.15, 0.2) is 9.39 Å². The molecule has 0 amide bonds. The summed E-state index contributed by atoms with van der Waals surface area (Å²) >= 11 is 0. The van der Waals surface area contributed by atoms with Gasteiger partial charge < -0.3 is 0 Å². The summed E-state index contributed by atoms with van der Waals surface area (Å²) in [4.78, 5) is 3.58. The van der Waals surface area contributed by atoms with Gasteiger partial charge in [0.15, 0.2) is 0 Å². The van der Waals surface area contributed by atoms with Gasteiger partial charge in [0.1, 0.15) is 6.01 Å². The number of rotatable bonds is 3. The van der Waals surface area contributed by atoms with E-state index in [0.29, 0.717) is 6.54 Å². The van der Waals surface area contributed by atoms with E-state index in [9.17, 15) is 8.42 Å². The maximum atomic E-state index is 10.3. The Morgan fingerprint density at radius 2 is 2.10 bits per heavy atom. The van der Waals surface area contributed by atoms with Gasteiger partial charge in [0.05, 0.1) is 6.26 Å². The van der Waals surface area contributed by atoms with Crippen LogP contribution < -0.4 is 0 Å². The third-order valence-electron chi connectivity index (χ3n) is 0.613. The molecule has 0 spiro atoms. The molecule has 0 bridgehead atoms. The van der Waals surface area contributed by atoms with Crippen molar-refractivity contribution < 1.29 is 8.42 Å². The highest BCUT2D eigenvalue weighted by Gasteiger charge is 1.90. The summed E-state index contributed by atoms with van der Waals surface area (Å²) in [7, 11) is -3.28. The zero-order valence-electron chi connectivity index (χ0n) is 6.03. The van der Waals surface area contributed by atoms with Crippen molar-refractivity contribution in [2.24, 2.45) is 9.39 Å². The third kappa shape index (κ3) is 7.33. The first-order chi connectivity index (χ1) is 4.56. The third-order valence-corrected chi connectivity index (χ3v) is 1.03. The molecule has 0 aromatic heterocycles. The SMILES string of the molecule is CCCN=C=NS(C)(=O)=O. The molecular weight excluding hydrogens is 152 g/mol. The zero-order valence-corrected chi connectivity index (χ0v) is 6.85. The molecule has 0 radical (unpaired) electrons. The number of sulfonamides is 1. The van der Waals surface area contributed by atoms with Crippen LogP contribution in [0, 0.1) is 0 Å². The highest BCUT2D eigenvalue weighted by molar-refractivity contribution is 7.89. The molecule has 0 aromatic carbocycles. The molecule has 0 fully saturated rings. The average Bonchev–Trinajstić information content (AvgIpc) is 1.78. The van der Waals surface area contributed by atoms with E-state index in [1.807, 2.05) is 6.92 Å². The Kier molecular flexibility index (Phi) is 3.91. The van der Waals surface area contributed by atoms with E-state index < -0.39 is 10.0 Å². The number of hydrogen-bond acceptors (Lipinski definition) is 3. The molecule has 0 N–H and O–H groups in total. The summed E-state index contributed by atoms with van der Waals surface area (Å²) in [5.74, 6) is 0. The highest BCUT2D eigenvalue weighted by Crippen LogP contribution is 1.80. The van der Waals surface area contributed by atoms with Crippen LogP contribution >= 0.6 is 0 Å². The first kappa shape index (κ1) is 9.33. The van der Waals surface area contributed by atoms with Gasteiger partial charge in [-0.05, 0) is 6.42 Å². The van der Waals surface area contributed by atoms with Crippen molar-refractivity contribution in [3.8, 4) is 0 Å². The van der Waals surface area contributed by atoms with Crippen molar-refractivity contribution in [1.29, 1.82) is 0 Å².